The molecule has 1 aromatic rings. The minimum absolute atomic E-state index is 0.246. The maximum atomic E-state index is 4.84. The van der Waals surface area contributed by atoms with Gasteiger partial charge in [0.1, 0.15) is 0 Å². The molecule has 1 N–H and O–H groups in total. The average molecular weight is 165 g/mol. The largest absolute Gasteiger partial charge is 0.305 e. The van der Waals surface area contributed by atoms with Gasteiger partial charge >= 0.3 is 0 Å². The van der Waals surface area contributed by atoms with E-state index in [1.165, 1.54) is 11.1 Å². The predicted octanol–water partition coefficient (Wildman–Crippen LogP) is 2.21. The minimum Gasteiger partial charge on any atom is -0.305 e. The van der Waals surface area contributed by atoms with E-state index in [2.05, 4.69) is 43.6 Å². The normalized spacial score (nSPS) is 12.9. The molecule has 0 radical (unpaired) electrons. The van der Waals surface area contributed by atoms with Crippen molar-refractivity contribution in [3.63, 3.8) is 0 Å². The van der Waals surface area contributed by atoms with Crippen molar-refractivity contribution in [1.29, 1.82) is 0 Å². The van der Waals surface area contributed by atoms with E-state index < -0.39 is 0 Å². The van der Waals surface area contributed by atoms with Crippen LogP contribution in [0.4, 0.5) is 0 Å². The van der Waals surface area contributed by atoms with Crippen LogP contribution in [0.1, 0.15) is 24.1 Å². The van der Waals surface area contributed by atoms with Crippen LogP contribution < -0.4 is 5.48 Å². The van der Waals surface area contributed by atoms with Gasteiger partial charge in [-0.25, -0.2) is 0 Å². The number of benzene rings is 1. The molecule has 0 bridgehead atoms. The number of hydrogen-bond donors (Lipinski definition) is 1. The van der Waals surface area contributed by atoms with E-state index >= 15 is 0 Å². The van der Waals surface area contributed by atoms with Crippen LogP contribution in [-0.2, 0) is 4.84 Å². The van der Waals surface area contributed by atoms with Crippen LogP contribution in [0.15, 0.2) is 24.3 Å². The zero-order valence-corrected chi connectivity index (χ0v) is 7.79. The summed E-state index contributed by atoms with van der Waals surface area (Å²) in [6.45, 7) is 4.15. The lowest BCUT2D eigenvalue weighted by Gasteiger charge is -2.11. The van der Waals surface area contributed by atoms with Gasteiger partial charge in [0.15, 0.2) is 0 Å². The molecule has 66 valence electrons. The molecule has 2 heteroatoms. The summed E-state index contributed by atoms with van der Waals surface area (Å²) in [5, 5.41) is 0. The summed E-state index contributed by atoms with van der Waals surface area (Å²) in [5.74, 6) is 0. The average Bonchev–Trinajstić information content (AvgIpc) is 2.06. The first kappa shape index (κ1) is 9.23. The minimum atomic E-state index is 0.246. The maximum absolute atomic E-state index is 4.84. The molecule has 0 saturated carbocycles. The van der Waals surface area contributed by atoms with Crippen molar-refractivity contribution in [1.82, 2.24) is 5.48 Å². The highest BCUT2D eigenvalue weighted by molar-refractivity contribution is 5.23. The van der Waals surface area contributed by atoms with Gasteiger partial charge in [-0.2, -0.15) is 5.48 Å². The van der Waals surface area contributed by atoms with Crippen LogP contribution in [0.2, 0.25) is 0 Å². The van der Waals surface area contributed by atoms with E-state index in [9.17, 15) is 0 Å². The Labute approximate surface area is 73.5 Å². The van der Waals surface area contributed by atoms with Gasteiger partial charge in [-0.05, 0) is 19.4 Å². The Morgan fingerprint density at radius 2 is 1.83 bits per heavy atom. The van der Waals surface area contributed by atoms with Crippen molar-refractivity contribution in [3.8, 4) is 0 Å². The third-order valence-corrected chi connectivity index (χ3v) is 1.87. The lowest BCUT2D eigenvalue weighted by molar-refractivity contribution is 0.0659. The third-order valence-electron chi connectivity index (χ3n) is 1.87. The molecule has 0 aromatic heterocycles. The summed E-state index contributed by atoms with van der Waals surface area (Å²) >= 11 is 0. The predicted molar refractivity (Wildman–Crippen MR) is 49.7 cm³/mol. The Balaban J connectivity index is 2.68. The Hall–Kier alpha value is -0.860. The van der Waals surface area contributed by atoms with Gasteiger partial charge in [0.25, 0.3) is 0 Å². The topological polar surface area (TPSA) is 21.3 Å². The first-order valence-corrected chi connectivity index (χ1v) is 4.09. The van der Waals surface area contributed by atoms with Gasteiger partial charge in [-0.1, -0.05) is 29.8 Å². The fourth-order valence-electron chi connectivity index (χ4n) is 1.10. The number of rotatable bonds is 3. The smallest absolute Gasteiger partial charge is 0.0572 e. The van der Waals surface area contributed by atoms with Crippen LogP contribution in [0.25, 0.3) is 0 Å². The molecule has 0 heterocycles. The second kappa shape index (κ2) is 4.24. The second-order valence-electron chi connectivity index (χ2n) is 2.95. The number of nitrogens with one attached hydrogen (secondary N) is 1. The molecule has 12 heavy (non-hydrogen) atoms. The molecule has 1 unspecified atom stereocenters. The van der Waals surface area contributed by atoms with E-state index in [-0.39, 0.29) is 6.04 Å². The molecule has 1 atom stereocenters. The van der Waals surface area contributed by atoms with Gasteiger partial charge in [-0.15, -0.1) is 0 Å². The first-order valence-electron chi connectivity index (χ1n) is 4.09. The Morgan fingerprint density at radius 1 is 1.25 bits per heavy atom. The Kier molecular flexibility index (Phi) is 3.26. The summed E-state index contributed by atoms with van der Waals surface area (Å²) in [6.07, 6.45) is 0. The lowest BCUT2D eigenvalue weighted by Crippen LogP contribution is -2.16. The summed E-state index contributed by atoms with van der Waals surface area (Å²) in [7, 11) is 1.63. The molecule has 1 rings (SSSR count). The van der Waals surface area contributed by atoms with Gasteiger partial charge in [-0.3, -0.25) is 0 Å². The second-order valence-corrected chi connectivity index (χ2v) is 2.95. The van der Waals surface area contributed by atoms with E-state index in [1.54, 1.807) is 7.11 Å². The number of hydroxylamine groups is 1. The van der Waals surface area contributed by atoms with Crippen molar-refractivity contribution in [2.45, 2.75) is 19.9 Å². The third kappa shape index (κ3) is 2.32. The highest BCUT2D eigenvalue weighted by Crippen LogP contribution is 2.12. The quantitative estimate of drug-likeness (QED) is 0.693. The molecule has 2 nitrogen and oxygen atoms in total. The van der Waals surface area contributed by atoms with Crippen molar-refractivity contribution in [3.05, 3.63) is 35.4 Å². The summed E-state index contributed by atoms with van der Waals surface area (Å²) in [4.78, 5) is 4.84. The maximum Gasteiger partial charge on any atom is 0.0572 e. The molecule has 0 amide bonds. The molecule has 0 saturated heterocycles. The fraction of sp³-hybridized carbons (Fsp3) is 0.400. The van der Waals surface area contributed by atoms with Gasteiger partial charge in [0.05, 0.1) is 13.2 Å². The molecule has 0 spiro atoms. The van der Waals surface area contributed by atoms with Crippen LogP contribution in [0.3, 0.4) is 0 Å². The molecule has 0 aliphatic heterocycles. The summed E-state index contributed by atoms with van der Waals surface area (Å²) in [6, 6.07) is 8.65. The van der Waals surface area contributed by atoms with Gasteiger partial charge in [0, 0.05) is 0 Å². The van der Waals surface area contributed by atoms with E-state index in [0.29, 0.717) is 0 Å². The van der Waals surface area contributed by atoms with Crippen LogP contribution >= 0.6 is 0 Å². The molecule has 1 aromatic carbocycles. The number of hydrogen-bond acceptors (Lipinski definition) is 2. The van der Waals surface area contributed by atoms with Crippen molar-refractivity contribution in [2.75, 3.05) is 7.11 Å². The van der Waals surface area contributed by atoms with E-state index in [4.69, 9.17) is 4.84 Å². The highest BCUT2D eigenvalue weighted by Gasteiger charge is 2.02. The van der Waals surface area contributed by atoms with Gasteiger partial charge in [0.2, 0.25) is 0 Å². The first-order chi connectivity index (χ1) is 5.74. The molecule has 0 aliphatic rings. The number of aryl methyl sites for hydroxylation is 1. The molecular weight excluding hydrogens is 150 g/mol. The zero-order valence-electron chi connectivity index (χ0n) is 7.79. The van der Waals surface area contributed by atoms with Crippen molar-refractivity contribution in [2.24, 2.45) is 0 Å². The summed E-state index contributed by atoms with van der Waals surface area (Å²) < 4.78 is 0. The van der Waals surface area contributed by atoms with E-state index in [0.717, 1.165) is 0 Å². The molecular formula is C10H15NO. The van der Waals surface area contributed by atoms with Crippen LogP contribution in [0, 0.1) is 6.92 Å². The van der Waals surface area contributed by atoms with Crippen molar-refractivity contribution < 1.29 is 4.84 Å². The van der Waals surface area contributed by atoms with Gasteiger partial charge < -0.3 is 4.84 Å². The van der Waals surface area contributed by atoms with Crippen LogP contribution in [-0.4, -0.2) is 7.11 Å². The fourth-order valence-corrected chi connectivity index (χ4v) is 1.10. The molecule has 0 fully saturated rings. The monoisotopic (exact) mass is 165 g/mol. The molecule has 0 aliphatic carbocycles. The standard InChI is InChI=1S/C10H15NO/c1-8-4-6-10(7-5-8)9(2)11-12-3/h4-7,9,11H,1-3H3. The lowest BCUT2D eigenvalue weighted by atomic mass is 10.1. The van der Waals surface area contributed by atoms with Crippen LogP contribution in [0.5, 0.6) is 0 Å². The highest BCUT2D eigenvalue weighted by atomic mass is 16.6. The Bertz CT molecular complexity index is 230. The zero-order chi connectivity index (χ0) is 8.97. The SMILES string of the molecule is CONC(C)c1ccc(C)cc1. The summed E-state index contributed by atoms with van der Waals surface area (Å²) in [5.41, 5.74) is 5.40. The van der Waals surface area contributed by atoms with E-state index in [1.807, 2.05) is 0 Å². The Morgan fingerprint density at radius 3 is 2.33 bits per heavy atom. The van der Waals surface area contributed by atoms with Crippen molar-refractivity contribution >= 4 is 0 Å².